The van der Waals surface area contributed by atoms with Crippen molar-refractivity contribution < 1.29 is 9.15 Å². The first-order valence-electron chi connectivity index (χ1n) is 10.9. The number of aromatic nitrogens is 2. The van der Waals surface area contributed by atoms with Gasteiger partial charge in [0.25, 0.3) is 0 Å². The molecule has 1 aliphatic carbocycles. The highest BCUT2D eigenvalue weighted by Gasteiger charge is 2.17. The number of pyridine rings is 1. The molecule has 1 fully saturated rings. The maximum absolute atomic E-state index is 6.00. The van der Waals surface area contributed by atoms with Crippen LogP contribution < -0.4 is 15.4 Å². The van der Waals surface area contributed by atoms with Crippen LogP contribution in [0, 0.1) is 0 Å². The van der Waals surface area contributed by atoms with E-state index in [2.05, 4.69) is 25.6 Å². The highest BCUT2D eigenvalue weighted by molar-refractivity contribution is 5.79. The topological polar surface area (TPSA) is 84.6 Å². The third-order valence-corrected chi connectivity index (χ3v) is 5.16. The molecule has 0 bridgehead atoms. The highest BCUT2D eigenvalue weighted by atomic mass is 16.5. The first-order valence-corrected chi connectivity index (χ1v) is 10.9. The second-order valence-corrected chi connectivity index (χ2v) is 7.59. The molecule has 1 aromatic carbocycles. The summed E-state index contributed by atoms with van der Waals surface area (Å²) in [7, 11) is 0. The quantitative estimate of drug-likeness (QED) is 0.418. The Kier molecular flexibility index (Phi) is 7.16. The van der Waals surface area contributed by atoms with Crippen molar-refractivity contribution in [3.63, 3.8) is 0 Å². The number of hydrogen-bond acceptors (Lipinski definition) is 5. The molecule has 2 heterocycles. The van der Waals surface area contributed by atoms with Crippen LogP contribution in [0.2, 0.25) is 0 Å². The van der Waals surface area contributed by atoms with Crippen molar-refractivity contribution in [3.8, 4) is 17.3 Å². The Labute approximate surface area is 183 Å². The molecule has 1 saturated carbocycles. The molecule has 7 nitrogen and oxygen atoms in total. The third kappa shape index (κ3) is 6.07. The minimum atomic E-state index is 0.300. The van der Waals surface area contributed by atoms with E-state index in [1.54, 1.807) is 12.5 Å². The third-order valence-electron chi connectivity index (χ3n) is 5.16. The van der Waals surface area contributed by atoms with Crippen LogP contribution in [0.4, 0.5) is 0 Å². The van der Waals surface area contributed by atoms with Crippen molar-refractivity contribution in [2.75, 3.05) is 6.54 Å². The zero-order valence-electron chi connectivity index (χ0n) is 17.9. The Balaban J connectivity index is 1.35. The van der Waals surface area contributed by atoms with Gasteiger partial charge < -0.3 is 19.8 Å². The summed E-state index contributed by atoms with van der Waals surface area (Å²) in [4.78, 5) is 13.6. The van der Waals surface area contributed by atoms with Crippen LogP contribution in [0.15, 0.2) is 64.3 Å². The summed E-state index contributed by atoms with van der Waals surface area (Å²) in [5, 5.41) is 6.58. The number of nitrogens with one attached hydrogen (secondary N) is 2. The van der Waals surface area contributed by atoms with Crippen LogP contribution in [0.25, 0.3) is 11.5 Å². The van der Waals surface area contributed by atoms with Gasteiger partial charge in [0, 0.05) is 24.4 Å². The standard InChI is InChI=1S/C24H29N5O2/c1-2-25-24(28-16-20-17-30-23(29-20)19-8-4-3-5-9-19)27-15-18-12-13-26-22(14-18)31-21-10-6-7-11-21/h3-5,8-9,12-14,17,21H,2,6-7,10-11,15-16H2,1H3,(H2,25,27,28). The molecule has 0 atom stereocenters. The molecule has 1 aliphatic rings. The summed E-state index contributed by atoms with van der Waals surface area (Å²) in [6.07, 6.45) is 8.48. The number of hydrogen-bond donors (Lipinski definition) is 2. The van der Waals surface area contributed by atoms with Gasteiger partial charge in [0.1, 0.15) is 12.4 Å². The first-order chi connectivity index (χ1) is 15.3. The lowest BCUT2D eigenvalue weighted by atomic mass is 10.2. The lowest BCUT2D eigenvalue weighted by Gasteiger charge is -2.13. The molecule has 0 saturated heterocycles. The Hall–Kier alpha value is -3.35. The van der Waals surface area contributed by atoms with Gasteiger partial charge in [-0.25, -0.2) is 15.0 Å². The number of guanidine groups is 1. The number of aliphatic imine (C=N–C) groups is 1. The number of benzene rings is 1. The second-order valence-electron chi connectivity index (χ2n) is 7.59. The van der Waals surface area contributed by atoms with Gasteiger partial charge in [0.2, 0.25) is 11.8 Å². The predicted octanol–water partition coefficient (Wildman–Crippen LogP) is 4.31. The fourth-order valence-corrected chi connectivity index (χ4v) is 3.58. The van der Waals surface area contributed by atoms with Crippen molar-refractivity contribution in [1.82, 2.24) is 20.6 Å². The van der Waals surface area contributed by atoms with Crippen LogP contribution in [-0.4, -0.2) is 28.6 Å². The van der Waals surface area contributed by atoms with E-state index in [1.807, 2.05) is 49.4 Å². The van der Waals surface area contributed by atoms with E-state index in [4.69, 9.17) is 9.15 Å². The Morgan fingerprint density at radius 2 is 2.00 bits per heavy atom. The largest absolute Gasteiger partial charge is 0.474 e. The number of rotatable bonds is 8. The molecule has 0 amide bonds. The highest BCUT2D eigenvalue weighted by Crippen LogP contribution is 2.23. The fourth-order valence-electron chi connectivity index (χ4n) is 3.58. The van der Waals surface area contributed by atoms with E-state index in [-0.39, 0.29) is 0 Å². The summed E-state index contributed by atoms with van der Waals surface area (Å²) in [6.45, 7) is 3.87. The zero-order chi connectivity index (χ0) is 21.3. The molecule has 2 aromatic heterocycles. The van der Waals surface area contributed by atoms with Crippen molar-refractivity contribution >= 4 is 5.96 Å². The molecular formula is C24H29N5O2. The molecule has 4 rings (SSSR count). The minimum absolute atomic E-state index is 0.300. The fraction of sp³-hybridized carbons (Fsp3) is 0.375. The van der Waals surface area contributed by atoms with Gasteiger partial charge in [0.15, 0.2) is 5.96 Å². The predicted molar refractivity (Wildman–Crippen MR) is 121 cm³/mol. The molecule has 0 radical (unpaired) electrons. The average Bonchev–Trinajstić information content (AvgIpc) is 3.49. The van der Waals surface area contributed by atoms with E-state index in [9.17, 15) is 0 Å². The van der Waals surface area contributed by atoms with Gasteiger partial charge in [-0.05, 0) is 56.4 Å². The van der Waals surface area contributed by atoms with Gasteiger partial charge in [0.05, 0.1) is 18.8 Å². The monoisotopic (exact) mass is 419 g/mol. The van der Waals surface area contributed by atoms with Crippen molar-refractivity contribution in [2.24, 2.45) is 4.99 Å². The second kappa shape index (κ2) is 10.6. The molecule has 162 valence electrons. The van der Waals surface area contributed by atoms with E-state index in [0.29, 0.717) is 31.0 Å². The first kappa shape index (κ1) is 20.9. The van der Waals surface area contributed by atoms with Gasteiger partial charge in [-0.1, -0.05) is 18.2 Å². The van der Waals surface area contributed by atoms with Gasteiger partial charge in [-0.15, -0.1) is 0 Å². The summed E-state index contributed by atoms with van der Waals surface area (Å²) in [5.41, 5.74) is 2.84. The van der Waals surface area contributed by atoms with Gasteiger partial charge in [-0.2, -0.15) is 0 Å². The van der Waals surface area contributed by atoms with Crippen LogP contribution in [0.1, 0.15) is 43.9 Å². The molecule has 2 N–H and O–H groups in total. The molecule has 0 aliphatic heterocycles. The number of oxazole rings is 1. The molecule has 3 aromatic rings. The van der Waals surface area contributed by atoms with E-state index in [1.165, 1.54) is 12.8 Å². The van der Waals surface area contributed by atoms with E-state index >= 15 is 0 Å². The van der Waals surface area contributed by atoms with Crippen LogP contribution in [-0.2, 0) is 13.1 Å². The smallest absolute Gasteiger partial charge is 0.226 e. The summed E-state index contributed by atoms with van der Waals surface area (Å²) in [6, 6.07) is 13.8. The van der Waals surface area contributed by atoms with Crippen molar-refractivity contribution in [3.05, 3.63) is 66.2 Å². The van der Waals surface area contributed by atoms with Crippen LogP contribution in [0.5, 0.6) is 5.88 Å². The van der Waals surface area contributed by atoms with Crippen molar-refractivity contribution in [2.45, 2.75) is 51.8 Å². The Morgan fingerprint density at radius 1 is 1.16 bits per heavy atom. The molecule has 7 heteroatoms. The van der Waals surface area contributed by atoms with Crippen molar-refractivity contribution in [1.29, 1.82) is 0 Å². The Bertz CT molecular complexity index is 980. The van der Waals surface area contributed by atoms with Crippen LogP contribution in [0.3, 0.4) is 0 Å². The SMILES string of the molecule is CCNC(=NCc1ccnc(OC2CCCC2)c1)NCc1coc(-c2ccccc2)n1. The maximum Gasteiger partial charge on any atom is 0.226 e. The lowest BCUT2D eigenvalue weighted by Crippen LogP contribution is -2.36. The lowest BCUT2D eigenvalue weighted by molar-refractivity contribution is 0.201. The number of nitrogens with zero attached hydrogens (tertiary/aromatic N) is 3. The normalized spacial score (nSPS) is 14.5. The molecular weight excluding hydrogens is 390 g/mol. The van der Waals surface area contributed by atoms with Gasteiger partial charge >= 0.3 is 0 Å². The molecule has 0 unspecified atom stereocenters. The maximum atomic E-state index is 6.00. The summed E-state index contributed by atoms with van der Waals surface area (Å²) >= 11 is 0. The van der Waals surface area contributed by atoms with Crippen LogP contribution >= 0.6 is 0 Å². The summed E-state index contributed by atoms with van der Waals surface area (Å²) in [5.74, 6) is 2.03. The zero-order valence-corrected chi connectivity index (χ0v) is 17.9. The Morgan fingerprint density at radius 3 is 2.81 bits per heavy atom. The average molecular weight is 420 g/mol. The molecule has 0 spiro atoms. The summed E-state index contributed by atoms with van der Waals surface area (Å²) < 4.78 is 11.6. The van der Waals surface area contributed by atoms with E-state index < -0.39 is 0 Å². The minimum Gasteiger partial charge on any atom is -0.474 e. The molecule has 31 heavy (non-hydrogen) atoms. The number of ether oxygens (including phenoxy) is 1. The van der Waals surface area contributed by atoms with Gasteiger partial charge in [-0.3, -0.25) is 0 Å². The van der Waals surface area contributed by atoms with E-state index in [0.717, 1.165) is 42.2 Å².